The summed E-state index contributed by atoms with van der Waals surface area (Å²) in [5.74, 6) is 0.176. The third kappa shape index (κ3) is 6.28. The third-order valence-electron chi connectivity index (χ3n) is 3.47. The minimum absolute atomic E-state index is 0.141. The lowest BCUT2D eigenvalue weighted by atomic mass is 10.1. The van der Waals surface area contributed by atoms with E-state index in [-0.39, 0.29) is 17.1 Å². The molecule has 0 unspecified atom stereocenters. The number of hydrogen-bond donors (Lipinski definition) is 1. The van der Waals surface area contributed by atoms with Gasteiger partial charge in [-0.3, -0.25) is 4.79 Å². The van der Waals surface area contributed by atoms with Gasteiger partial charge < -0.3 is 14.8 Å². The zero-order valence-corrected chi connectivity index (χ0v) is 15.8. The van der Waals surface area contributed by atoms with Crippen LogP contribution in [0.1, 0.15) is 12.0 Å². The van der Waals surface area contributed by atoms with Gasteiger partial charge in [0, 0.05) is 28.7 Å². The van der Waals surface area contributed by atoms with Crippen molar-refractivity contribution in [2.24, 2.45) is 0 Å². The fourth-order valence-corrected chi connectivity index (χ4v) is 3.14. The summed E-state index contributed by atoms with van der Waals surface area (Å²) in [6.07, 6.45) is 3.00. The Bertz CT molecular complexity index is 882. The molecule has 5 nitrogen and oxygen atoms in total. The second kappa shape index (κ2) is 10.9. The number of anilines is 1. The monoisotopic (exact) mass is 404 g/mol. The molecule has 0 fully saturated rings. The van der Waals surface area contributed by atoms with Crippen molar-refractivity contribution in [1.82, 2.24) is 0 Å². The van der Waals surface area contributed by atoms with E-state index in [2.05, 4.69) is 16.1 Å². The Balaban J connectivity index is 2.14. The lowest BCUT2D eigenvalue weighted by Gasteiger charge is -2.12. The number of nitriles is 1. The largest absolute Gasteiger partial charge is 0.493 e. The molecule has 2 aromatic carbocycles. The highest BCUT2D eigenvalue weighted by Gasteiger charge is 2.14. The summed E-state index contributed by atoms with van der Waals surface area (Å²) >= 11 is 1.46. The van der Waals surface area contributed by atoms with E-state index in [1.54, 1.807) is 18.2 Å². The van der Waals surface area contributed by atoms with Crippen molar-refractivity contribution in [3.8, 4) is 17.6 Å². The lowest BCUT2D eigenvalue weighted by molar-refractivity contribution is -0.111. The van der Waals surface area contributed by atoms with Gasteiger partial charge in [0.15, 0.2) is 11.5 Å². The predicted octanol–water partition coefficient (Wildman–Crippen LogP) is 4.95. The van der Waals surface area contributed by atoms with Crippen molar-refractivity contribution < 1.29 is 23.0 Å². The predicted molar refractivity (Wildman–Crippen MR) is 105 cm³/mol. The van der Waals surface area contributed by atoms with Gasteiger partial charge in [-0.25, -0.2) is 0 Å². The molecule has 1 N–H and O–H groups in total. The van der Waals surface area contributed by atoms with E-state index in [1.165, 1.54) is 43.2 Å². The topological polar surface area (TPSA) is 71.3 Å². The van der Waals surface area contributed by atoms with E-state index in [1.807, 2.05) is 12.1 Å². The molecule has 2 rings (SSSR count). The molecule has 0 aliphatic carbocycles. The van der Waals surface area contributed by atoms with Crippen LogP contribution in [-0.4, -0.2) is 25.4 Å². The smallest absolute Gasteiger partial charge is 0.387 e. The molecule has 28 heavy (non-hydrogen) atoms. The summed E-state index contributed by atoms with van der Waals surface area (Å²) < 4.78 is 34.9. The maximum absolute atomic E-state index is 12.7. The minimum atomic E-state index is -3.02. The number of alkyl halides is 2. The van der Waals surface area contributed by atoms with E-state index < -0.39 is 12.5 Å². The van der Waals surface area contributed by atoms with Crippen molar-refractivity contribution in [2.45, 2.75) is 17.9 Å². The van der Waals surface area contributed by atoms with Crippen LogP contribution in [0.25, 0.3) is 6.08 Å². The standard InChI is InChI=1S/C20H18F2N2O3S/c1-26-16-8-4-6-14(19(16)27-20(21)22)10-11-18(25)24-15-7-2-3-9-17(15)28-13-5-12-23/h2-4,6-11,20H,5,13H2,1H3,(H,24,25)/b11-10+. The molecule has 1 amide bonds. The minimum Gasteiger partial charge on any atom is -0.493 e. The zero-order chi connectivity index (χ0) is 20.4. The number of thioether (sulfide) groups is 1. The zero-order valence-electron chi connectivity index (χ0n) is 15.0. The SMILES string of the molecule is COc1cccc(/C=C/C(=O)Nc2ccccc2SCCC#N)c1OC(F)F. The van der Waals surface area contributed by atoms with Crippen LogP contribution in [0.2, 0.25) is 0 Å². The third-order valence-corrected chi connectivity index (χ3v) is 4.54. The second-order valence-corrected chi connectivity index (χ2v) is 6.47. The summed E-state index contributed by atoms with van der Waals surface area (Å²) in [4.78, 5) is 13.1. The fraction of sp³-hybridized carbons (Fsp3) is 0.200. The van der Waals surface area contributed by atoms with Crippen LogP contribution in [0.15, 0.2) is 53.4 Å². The number of nitrogens with zero attached hydrogens (tertiary/aromatic N) is 1. The van der Waals surface area contributed by atoms with E-state index in [4.69, 9.17) is 10.00 Å². The van der Waals surface area contributed by atoms with Crippen LogP contribution in [0.3, 0.4) is 0 Å². The first-order valence-corrected chi connectivity index (χ1v) is 9.23. The van der Waals surface area contributed by atoms with Gasteiger partial charge in [0.25, 0.3) is 0 Å². The van der Waals surface area contributed by atoms with E-state index >= 15 is 0 Å². The van der Waals surface area contributed by atoms with Crippen LogP contribution in [0, 0.1) is 11.3 Å². The van der Waals surface area contributed by atoms with E-state index in [0.717, 1.165) is 4.90 Å². The van der Waals surface area contributed by atoms with Crippen LogP contribution in [0.4, 0.5) is 14.5 Å². The number of amides is 1. The molecule has 2 aromatic rings. The number of benzene rings is 2. The number of methoxy groups -OCH3 is 1. The van der Waals surface area contributed by atoms with Gasteiger partial charge in [0.05, 0.1) is 18.9 Å². The molecule has 0 aliphatic rings. The lowest BCUT2D eigenvalue weighted by Crippen LogP contribution is -2.09. The first-order valence-electron chi connectivity index (χ1n) is 8.24. The highest BCUT2D eigenvalue weighted by atomic mass is 32.2. The number of halogens is 2. The summed E-state index contributed by atoms with van der Waals surface area (Å²) in [7, 11) is 1.34. The van der Waals surface area contributed by atoms with Crippen molar-refractivity contribution in [3.63, 3.8) is 0 Å². The molecule has 0 spiro atoms. The van der Waals surface area contributed by atoms with Crippen molar-refractivity contribution in [2.75, 3.05) is 18.2 Å². The molecule has 0 saturated heterocycles. The second-order valence-electron chi connectivity index (χ2n) is 5.33. The highest BCUT2D eigenvalue weighted by Crippen LogP contribution is 2.33. The van der Waals surface area contributed by atoms with Gasteiger partial charge in [0.2, 0.25) is 5.91 Å². The molecule has 0 radical (unpaired) electrons. The molecule has 0 atom stereocenters. The summed E-state index contributed by atoms with van der Waals surface area (Å²) in [5, 5.41) is 11.4. The van der Waals surface area contributed by atoms with Crippen LogP contribution >= 0.6 is 11.8 Å². The first-order chi connectivity index (χ1) is 13.5. The molecular formula is C20H18F2N2O3S. The Labute approximate surface area is 166 Å². The number of hydrogen-bond acceptors (Lipinski definition) is 5. The summed E-state index contributed by atoms with van der Waals surface area (Å²) in [5.41, 5.74) is 0.890. The van der Waals surface area contributed by atoms with E-state index in [9.17, 15) is 13.6 Å². The number of carbonyl (C=O) groups is 1. The fourth-order valence-electron chi connectivity index (χ4n) is 2.28. The highest BCUT2D eigenvalue weighted by molar-refractivity contribution is 7.99. The molecule has 8 heteroatoms. The summed E-state index contributed by atoms with van der Waals surface area (Å²) in [6.45, 7) is -3.02. The molecule has 0 aliphatic heterocycles. The van der Waals surface area contributed by atoms with Gasteiger partial charge in [-0.1, -0.05) is 24.3 Å². The molecule has 0 heterocycles. The maximum atomic E-state index is 12.7. The number of rotatable bonds is 9. The van der Waals surface area contributed by atoms with Crippen molar-refractivity contribution >= 4 is 29.4 Å². The van der Waals surface area contributed by atoms with Gasteiger partial charge in [-0.15, -0.1) is 11.8 Å². The Morgan fingerprint density at radius 2 is 2.07 bits per heavy atom. The van der Waals surface area contributed by atoms with Gasteiger partial charge >= 0.3 is 6.61 Å². The summed E-state index contributed by atoms with van der Waals surface area (Å²) in [6, 6.07) is 13.9. The molecule has 0 saturated carbocycles. The van der Waals surface area contributed by atoms with E-state index in [0.29, 0.717) is 17.9 Å². The Hall–Kier alpha value is -3.05. The maximum Gasteiger partial charge on any atom is 0.387 e. The van der Waals surface area contributed by atoms with Gasteiger partial charge in [0.1, 0.15) is 0 Å². The molecule has 146 valence electrons. The quantitative estimate of drug-likeness (QED) is 0.364. The number of ether oxygens (including phenoxy) is 2. The number of nitrogens with one attached hydrogen (secondary N) is 1. The van der Waals surface area contributed by atoms with Crippen LogP contribution in [0.5, 0.6) is 11.5 Å². The Morgan fingerprint density at radius 3 is 2.79 bits per heavy atom. The molecule has 0 aromatic heterocycles. The average molecular weight is 404 g/mol. The average Bonchev–Trinajstić information content (AvgIpc) is 2.68. The first kappa shape index (κ1) is 21.3. The van der Waals surface area contributed by atoms with Gasteiger partial charge in [-0.05, 0) is 24.3 Å². The Kier molecular flexibility index (Phi) is 8.31. The Morgan fingerprint density at radius 1 is 1.29 bits per heavy atom. The molecule has 0 bridgehead atoms. The normalized spacial score (nSPS) is 10.7. The number of para-hydroxylation sites is 2. The van der Waals surface area contributed by atoms with Crippen molar-refractivity contribution in [1.29, 1.82) is 5.26 Å². The van der Waals surface area contributed by atoms with Crippen LogP contribution < -0.4 is 14.8 Å². The van der Waals surface area contributed by atoms with Gasteiger partial charge in [-0.2, -0.15) is 14.0 Å². The van der Waals surface area contributed by atoms with Crippen LogP contribution in [-0.2, 0) is 4.79 Å². The van der Waals surface area contributed by atoms with Crippen molar-refractivity contribution in [3.05, 3.63) is 54.1 Å². The molecular weight excluding hydrogens is 386 g/mol. The number of carbonyl (C=O) groups excluding carboxylic acids is 1.